The zero-order chi connectivity index (χ0) is 14.5. The molecule has 2 atom stereocenters. The van der Waals surface area contributed by atoms with Gasteiger partial charge in [0.2, 0.25) is 5.91 Å². The second-order valence-electron chi connectivity index (χ2n) is 5.18. The first-order valence-corrected chi connectivity index (χ1v) is 6.87. The van der Waals surface area contributed by atoms with Gasteiger partial charge < -0.3 is 14.7 Å². The fourth-order valence-corrected chi connectivity index (χ4v) is 2.41. The molecule has 1 N–H and O–H groups in total. The molecule has 5 heteroatoms. The topological polar surface area (TPSA) is 49.8 Å². The number of morpholine rings is 1. The van der Waals surface area contributed by atoms with E-state index in [2.05, 4.69) is 0 Å². The second-order valence-corrected chi connectivity index (χ2v) is 5.18. The number of ether oxygens (including phenoxy) is 1. The summed E-state index contributed by atoms with van der Waals surface area (Å²) in [5, 5.41) is 9.14. The SMILES string of the molecule is CC1CN(C(=O)CCc2ccc(F)cc2)CC(CO)O1. The van der Waals surface area contributed by atoms with Gasteiger partial charge in [0.1, 0.15) is 5.82 Å². The highest BCUT2D eigenvalue weighted by atomic mass is 19.1. The van der Waals surface area contributed by atoms with Crippen LogP contribution in [0.15, 0.2) is 24.3 Å². The molecule has 20 heavy (non-hydrogen) atoms. The summed E-state index contributed by atoms with van der Waals surface area (Å²) in [6.07, 6.45) is 0.620. The van der Waals surface area contributed by atoms with Gasteiger partial charge in [-0.05, 0) is 31.0 Å². The summed E-state index contributed by atoms with van der Waals surface area (Å²) in [4.78, 5) is 13.9. The average molecular weight is 281 g/mol. The number of hydrogen-bond donors (Lipinski definition) is 1. The lowest BCUT2D eigenvalue weighted by Gasteiger charge is -2.36. The van der Waals surface area contributed by atoms with Crippen LogP contribution in [0.4, 0.5) is 4.39 Å². The number of nitrogens with zero attached hydrogens (tertiary/aromatic N) is 1. The maximum atomic E-state index is 12.8. The molecule has 0 saturated carbocycles. The highest BCUT2D eigenvalue weighted by Gasteiger charge is 2.27. The highest BCUT2D eigenvalue weighted by molar-refractivity contribution is 5.76. The molecule has 0 spiro atoms. The van der Waals surface area contributed by atoms with Gasteiger partial charge in [-0.15, -0.1) is 0 Å². The minimum absolute atomic E-state index is 0.0444. The Morgan fingerprint density at radius 3 is 2.75 bits per heavy atom. The average Bonchev–Trinajstić information content (AvgIpc) is 2.45. The number of halogens is 1. The van der Waals surface area contributed by atoms with Crippen molar-refractivity contribution >= 4 is 5.91 Å². The van der Waals surface area contributed by atoms with Crippen molar-refractivity contribution in [3.05, 3.63) is 35.6 Å². The van der Waals surface area contributed by atoms with E-state index in [1.54, 1.807) is 17.0 Å². The van der Waals surface area contributed by atoms with Gasteiger partial charge in [-0.25, -0.2) is 4.39 Å². The van der Waals surface area contributed by atoms with E-state index in [4.69, 9.17) is 9.84 Å². The third-order valence-electron chi connectivity index (χ3n) is 3.42. The first kappa shape index (κ1) is 14.9. The fraction of sp³-hybridized carbons (Fsp3) is 0.533. The lowest BCUT2D eigenvalue weighted by atomic mass is 10.1. The van der Waals surface area contributed by atoms with Crippen LogP contribution in [0.25, 0.3) is 0 Å². The second kappa shape index (κ2) is 6.81. The summed E-state index contributed by atoms with van der Waals surface area (Å²) < 4.78 is 18.3. The van der Waals surface area contributed by atoms with Crippen molar-refractivity contribution in [2.24, 2.45) is 0 Å². The van der Waals surface area contributed by atoms with Crippen LogP contribution in [-0.2, 0) is 16.0 Å². The summed E-state index contributed by atoms with van der Waals surface area (Å²) >= 11 is 0. The Bertz CT molecular complexity index is 449. The Morgan fingerprint density at radius 1 is 1.40 bits per heavy atom. The molecule has 1 heterocycles. The minimum atomic E-state index is -0.298. The van der Waals surface area contributed by atoms with Gasteiger partial charge >= 0.3 is 0 Å². The van der Waals surface area contributed by atoms with Crippen molar-refractivity contribution < 1.29 is 19.0 Å². The summed E-state index contributed by atoms with van der Waals surface area (Å²) in [5.41, 5.74) is 0.944. The van der Waals surface area contributed by atoms with Crippen LogP contribution in [0.2, 0.25) is 0 Å². The summed E-state index contributed by atoms with van der Waals surface area (Å²) in [7, 11) is 0. The molecule has 0 aromatic heterocycles. The smallest absolute Gasteiger partial charge is 0.223 e. The van der Waals surface area contributed by atoms with E-state index in [1.165, 1.54) is 12.1 Å². The number of benzene rings is 1. The summed E-state index contributed by atoms with van der Waals surface area (Å²) in [5.74, 6) is -0.226. The first-order chi connectivity index (χ1) is 9.58. The standard InChI is InChI=1S/C15H20FNO3/c1-11-8-17(9-14(10-18)20-11)15(19)7-4-12-2-5-13(16)6-3-12/h2-3,5-6,11,14,18H,4,7-10H2,1H3. The molecule has 1 amide bonds. The lowest BCUT2D eigenvalue weighted by molar-refractivity contribution is -0.147. The summed E-state index contributed by atoms with van der Waals surface area (Å²) in [6.45, 7) is 2.80. The quantitative estimate of drug-likeness (QED) is 0.907. The molecule has 1 aliphatic rings. The molecule has 110 valence electrons. The number of rotatable bonds is 4. The van der Waals surface area contributed by atoms with Crippen LogP contribution >= 0.6 is 0 Å². The van der Waals surface area contributed by atoms with E-state index in [0.717, 1.165) is 5.56 Å². The van der Waals surface area contributed by atoms with E-state index in [-0.39, 0.29) is 30.5 Å². The van der Waals surface area contributed by atoms with E-state index in [0.29, 0.717) is 25.9 Å². The molecule has 0 aliphatic carbocycles. The number of amides is 1. The van der Waals surface area contributed by atoms with Crippen molar-refractivity contribution in [2.45, 2.75) is 32.0 Å². The van der Waals surface area contributed by atoms with Crippen molar-refractivity contribution in [3.8, 4) is 0 Å². The van der Waals surface area contributed by atoms with Gasteiger partial charge in [-0.3, -0.25) is 4.79 Å². The van der Waals surface area contributed by atoms with Gasteiger partial charge in [0.05, 0.1) is 18.8 Å². The van der Waals surface area contributed by atoms with Crippen LogP contribution in [0.5, 0.6) is 0 Å². The van der Waals surface area contributed by atoms with Crippen LogP contribution in [0.3, 0.4) is 0 Å². The predicted molar refractivity (Wildman–Crippen MR) is 72.7 cm³/mol. The van der Waals surface area contributed by atoms with Gasteiger partial charge in [-0.1, -0.05) is 12.1 Å². The maximum Gasteiger partial charge on any atom is 0.223 e. The number of aliphatic hydroxyl groups is 1. The van der Waals surface area contributed by atoms with E-state index in [1.807, 2.05) is 6.92 Å². The van der Waals surface area contributed by atoms with Crippen LogP contribution < -0.4 is 0 Å². The van der Waals surface area contributed by atoms with Crippen LogP contribution in [0.1, 0.15) is 18.9 Å². The Labute approximate surface area is 118 Å². The Kier molecular flexibility index (Phi) is 5.09. The van der Waals surface area contributed by atoms with Crippen molar-refractivity contribution in [1.82, 2.24) is 4.90 Å². The van der Waals surface area contributed by atoms with Crippen LogP contribution in [0, 0.1) is 5.82 Å². The third kappa shape index (κ3) is 4.02. The molecule has 1 saturated heterocycles. The number of aliphatic hydroxyl groups excluding tert-OH is 1. The van der Waals surface area contributed by atoms with E-state index >= 15 is 0 Å². The molecule has 2 unspecified atom stereocenters. The van der Waals surface area contributed by atoms with Crippen molar-refractivity contribution in [3.63, 3.8) is 0 Å². The fourth-order valence-electron chi connectivity index (χ4n) is 2.41. The molecule has 4 nitrogen and oxygen atoms in total. The Morgan fingerprint density at radius 2 is 2.10 bits per heavy atom. The first-order valence-electron chi connectivity index (χ1n) is 6.87. The molecule has 2 rings (SSSR count). The predicted octanol–water partition coefficient (Wildman–Crippen LogP) is 1.37. The monoisotopic (exact) mass is 281 g/mol. The largest absolute Gasteiger partial charge is 0.394 e. The van der Waals surface area contributed by atoms with Crippen LogP contribution in [-0.4, -0.2) is 47.8 Å². The molecule has 1 aliphatic heterocycles. The van der Waals surface area contributed by atoms with Gasteiger partial charge in [0.25, 0.3) is 0 Å². The Balaban J connectivity index is 1.86. The maximum absolute atomic E-state index is 12.8. The van der Waals surface area contributed by atoms with Gasteiger partial charge in [0.15, 0.2) is 0 Å². The molecule has 1 aromatic carbocycles. The molecular weight excluding hydrogens is 261 g/mol. The van der Waals surface area contributed by atoms with E-state index < -0.39 is 0 Å². The molecule has 1 aromatic rings. The number of carbonyl (C=O) groups excluding carboxylic acids is 1. The highest BCUT2D eigenvalue weighted by Crippen LogP contribution is 2.13. The van der Waals surface area contributed by atoms with Crippen molar-refractivity contribution in [1.29, 1.82) is 0 Å². The number of aryl methyl sites for hydroxylation is 1. The summed E-state index contributed by atoms with van der Waals surface area (Å²) in [6, 6.07) is 6.19. The molecular formula is C15H20FNO3. The van der Waals surface area contributed by atoms with Crippen molar-refractivity contribution in [2.75, 3.05) is 19.7 Å². The number of hydrogen-bond acceptors (Lipinski definition) is 3. The molecule has 1 fully saturated rings. The zero-order valence-electron chi connectivity index (χ0n) is 11.6. The zero-order valence-corrected chi connectivity index (χ0v) is 11.6. The third-order valence-corrected chi connectivity index (χ3v) is 3.42. The minimum Gasteiger partial charge on any atom is -0.394 e. The molecule has 0 radical (unpaired) electrons. The van der Waals surface area contributed by atoms with E-state index in [9.17, 15) is 9.18 Å². The van der Waals surface area contributed by atoms with Gasteiger partial charge in [0, 0.05) is 19.5 Å². The Hall–Kier alpha value is -1.46. The molecule has 0 bridgehead atoms. The normalized spacial score (nSPS) is 22.9. The van der Waals surface area contributed by atoms with Gasteiger partial charge in [-0.2, -0.15) is 0 Å². The lowest BCUT2D eigenvalue weighted by Crippen LogP contribution is -2.50. The number of carbonyl (C=O) groups is 1.